The number of aromatic nitrogens is 2. The normalized spacial score (nSPS) is 13.3. The molecule has 1 unspecified atom stereocenters. The molecule has 0 saturated heterocycles. The number of halogens is 1. The van der Waals surface area contributed by atoms with E-state index in [0.717, 1.165) is 23.2 Å². The van der Waals surface area contributed by atoms with Crippen LogP contribution in [0.15, 0.2) is 22.8 Å². The number of aliphatic imine (C=N–C) groups is 1. The summed E-state index contributed by atoms with van der Waals surface area (Å²) in [7, 11) is 0. The van der Waals surface area contributed by atoms with Crippen molar-refractivity contribution in [3.8, 4) is 0 Å². The number of hydrogen-bond donors (Lipinski definition) is 2. The molecule has 7 heteroatoms. The molecule has 0 aliphatic carbocycles. The summed E-state index contributed by atoms with van der Waals surface area (Å²) in [5, 5.41) is 8.73. The SMILES string of the molecule is CCNC(=NCc1cn2ccsc2n1)NC(C)C(C)C.I. The number of hydrogen-bond acceptors (Lipinski definition) is 3. The van der Waals surface area contributed by atoms with Crippen LogP contribution in [-0.2, 0) is 6.54 Å². The Bertz CT molecular complexity index is 546. The van der Waals surface area contributed by atoms with Gasteiger partial charge in [-0.05, 0) is 19.8 Å². The highest BCUT2D eigenvalue weighted by molar-refractivity contribution is 14.0. The van der Waals surface area contributed by atoms with Gasteiger partial charge in [0.15, 0.2) is 10.9 Å². The Morgan fingerprint density at radius 2 is 2.19 bits per heavy atom. The summed E-state index contributed by atoms with van der Waals surface area (Å²) in [6.07, 6.45) is 4.05. The summed E-state index contributed by atoms with van der Waals surface area (Å²) in [5.74, 6) is 1.42. The third-order valence-corrected chi connectivity index (χ3v) is 4.02. The molecule has 0 aliphatic rings. The van der Waals surface area contributed by atoms with Crippen LogP contribution < -0.4 is 10.6 Å². The molecular formula is C14H24IN5S. The van der Waals surface area contributed by atoms with E-state index in [1.165, 1.54) is 0 Å². The number of fused-ring (bicyclic) bond motifs is 1. The molecule has 0 saturated carbocycles. The summed E-state index contributed by atoms with van der Waals surface area (Å²) >= 11 is 1.64. The van der Waals surface area contributed by atoms with E-state index < -0.39 is 0 Å². The lowest BCUT2D eigenvalue weighted by atomic mass is 10.1. The van der Waals surface area contributed by atoms with Crippen LogP contribution in [0.2, 0.25) is 0 Å². The first kappa shape index (κ1) is 18.2. The third-order valence-electron chi connectivity index (χ3n) is 3.25. The summed E-state index contributed by atoms with van der Waals surface area (Å²) < 4.78 is 2.03. The minimum atomic E-state index is 0. The average Bonchev–Trinajstić information content (AvgIpc) is 2.96. The highest BCUT2D eigenvalue weighted by Crippen LogP contribution is 2.11. The van der Waals surface area contributed by atoms with Crippen molar-refractivity contribution in [2.75, 3.05) is 6.54 Å². The molecule has 0 amide bonds. The lowest BCUT2D eigenvalue weighted by molar-refractivity contribution is 0.481. The second-order valence-electron chi connectivity index (χ2n) is 5.20. The van der Waals surface area contributed by atoms with E-state index in [-0.39, 0.29) is 24.0 Å². The minimum absolute atomic E-state index is 0. The van der Waals surface area contributed by atoms with Gasteiger partial charge in [0.1, 0.15) is 0 Å². The summed E-state index contributed by atoms with van der Waals surface area (Å²) in [6.45, 7) is 10.1. The quantitative estimate of drug-likeness (QED) is 0.443. The molecule has 0 bridgehead atoms. The maximum absolute atomic E-state index is 4.60. The molecular weight excluding hydrogens is 397 g/mol. The first-order valence-electron chi connectivity index (χ1n) is 7.06. The van der Waals surface area contributed by atoms with Crippen molar-refractivity contribution in [1.29, 1.82) is 0 Å². The fraction of sp³-hybridized carbons (Fsp3) is 0.571. The summed E-state index contributed by atoms with van der Waals surface area (Å²) in [4.78, 5) is 10.2. The Labute approximate surface area is 147 Å². The molecule has 0 radical (unpaired) electrons. The molecule has 5 nitrogen and oxygen atoms in total. The van der Waals surface area contributed by atoms with Crippen LogP contribution in [0.1, 0.15) is 33.4 Å². The predicted molar refractivity (Wildman–Crippen MR) is 101 cm³/mol. The van der Waals surface area contributed by atoms with Gasteiger partial charge in [0, 0.05) is 30.4 Å². The highest BCUT2D eigenvalue weighted by Gasteiger charge is 2.09. The highest BCUT2D eigenvalue weighted by atomic mass is 127. The zero-order valence-electron chi connectivity index (χ0n) is 13.0. The van der Waals surface area contributed by atoms with Gasteiger partial charge >= 0.3 is 0 Å². The lowest BCUT2D eigenvalue weighted by Gasteiger charge is -2.20. The van der Waals surface area contributed by atoms with E-state index in [2.05, 4.69) is 48.3 Å². The van der Waals surface area contributed by atoms with Crippen LogP contribution in [0.5, 0.6) is 0 Å². The molecule has 2 heterocycles. The second kappa shape index (κ2) is 8.57. The standard InChI is InChI=1S/C14H23N5S.HI/c1-5-15-13(17-11(4)10(2)3)16-8-12-9-19-6-7-20-14(19)18-12;/h6-7,9-11H,5,8H2,1-4H3,(H2,15,16,17);1H. The monoisotopic (exact) mass is 421 g/mol. The molecule has 2 aromatic heterocycles. The van der Waals surface area contributed by atoms with Crippen molar-refractivity contribution in [2.24, 2.45) is 10.9 Å². The van der Waals surface area contributed by atoms with Crippen LogP contribution in [0.25, 0.3) is 4.96 Å². The molecule has 118 valence electrons. The van der Waals surface area contributed by atoms with Crippen LogP contribution in [0.4, 0.5) is 0 Å². The molecule has 1 atom stereocenters. The molecule has 0 fully saturated rings. The van der Waals surface area contributed by atoms with Crippen LogP contribution in [0, 0.1) is 5.92 Å². The van der Waals surface area contributed by atoms with Gasteiger partial charge in [0.05, 0.1) is 12.2 Å². The largest absolute Gasteiger partial charge is 0.357 e. The third kappa shape index (κ3) is 5.14. The number of nitrogens with zero attached hydrogens (tertiary/aromatic N) is 3. The van der Waals surface area contributed by atoms with E-state index in [1.807, 2.05) is 22.2 Å². The Morgan fingerprint density at radius 1 is 1.43 bits per heavy atom. The molecule has 2 rings (SSSR count). The minimum Gasteiger partial charge on any atom is -0.357 e. The van der Waals surface area contributed by atoms with Gasteiger partial charge in [0.2, 0.25) is 0 Å². The summed E-state index contributed by atoms with van der Waals surface area (Å²) in [6, 6.07) is 0.387. The Morgan fingerprint density at radius 3 is 2.81 bits per heavy atom. The van der Waals surface area contributed by atoms with Crippen molar-refractivity contribution in [3.63, 3.8) is 0 Å². The maximum Gasteiger partial charge on any atom is 0.193 e. The fourth-order valence-electron chi connectivity index (χ4n) is 1.71. The number of thiazole rings is 1. The van der Waals surface area contributed by atoms with Gasteiger partial charge in [-0.15, -0.1) is 35.3 Å². The number of nitrogens with one attached hydrogen (secondary N) is 2. The van der Waals surface area contributed by atoms with Gasteiger partial charge < -0.3 is 10.6 Å². The van der Waals surface area contributed by atoms with Crippen molar-refractivity contribution in [3.05, 3.63) is 23.5 Å². The van der Waals surface area contributed by atoms with Gasteiger partial charge in [-0.2, -0.15) is 0 Å². The Kier molecular flexibility index (Phi) is 7.44. The van der Waals surface area contributed by atoms with Crippen LogP contribution in [0.3, 0.4) is 0 Å². The van der Waals surface area contributed by atoms with Crippen molar-refractivity contribution < 1.29 is 0 Å². The first-order valence-corrected chi connectivity index (χ1v) is 7.94. The van der Waals surface area contributed by atoms with E-state index in [1.54, 1.807) is 11.3 Å². The molecule has 2 aromatic rings. The molecule has 21 heavy (non-hydrogen) atoms. The van der Waals surface area contributed by atoms with E-state index in [9.17, 15) is 0 Å². The summed E-state index contributed by atoms with van der Waals surface area (Å²) in [5.41, 5.74) is 0.992. The van der Waals surface area contributed by atoms with Gasteiger partial charge in [-0.25, -0.2) is 9.98 Å². The second-order valence-corrected chi connectivity index (χ2v) is 6.07. The van der Waals surface area contributed by atoms with E-state index >= 15 is 0 Å². The van der Waals surface area contributed by atoms with Crippen molar-refractivity contribution in [2.45, 2.75) is 40.3 Å². The zero-order chi connectivity index (χ0) is 14.5. The van der Waals surface area contributed by atoms with Crippen LogP contribution in [-0.4, -0.2) is 27.9 Å². The topological polar surface area (TPSA) is 53.7 Å². The average molecular weight is 421 g/mol. The molecule has 0 aliphatic heterocycles. The van der Waals surface area contributed by atoms with Gasteiger partial charge in [-0.1, -0.05) is 13.8 Å². The van der Waals surface area contributed by atoms with Crippen molar-refractivity contribution >= 4 is 46.2 Å². The predicted octanol–water partition coefficient (Wildman–Crippen LogP) is 3.11. The van der Waals surface area contributed by atoms with E-state index in [0.29, 0.717) is 18.5 Å². The first-order chi connectivity index (χ1) is 9.60. The molecule has 0 spiro atoms. The Balaban J connectivity index is 0.00000220. The number of imidazole rings is 1. The maximum atomic E-state index is 4.60. The molecule has 0 aromatic carbocycles. The van der Waals surface area contributed by atoms with Crippen LogP contribution >= 0.6 is 35.3 Å². The molecule has 2 N–H and O–H groups in total. The van der Waals surface area contributed by atoms with Gasteiger partial charge in [0.25, 0.3) is 0 Å². The fourth-order valence-corrected chi connectivity index (χ4v) is 2.43. The Hall–Kier alpha value is -0.830. The number of guanidine groups is 1. The number of rotatable bonds is 5. The van der Waals surface area contributed by atoms with Crippen molar-refractivity contribution in [1.82, 2.24) is 20.0 Å². The van der Waals surface area contributed by atoms with Gasteiger partial charge in [-0.3, -0.25) is 4.40 Å². The lowest BCUT2D eigenvalue weighted by Crippen LogP contribution is -2.44. The zero-order valence-corrected chi connectivity index (χ0v) is 16.1. The van der Waals surface area contributed by atoms with E-state index in [4.69, 9.17) is 0 Å². The smallest absolute Gasteiger partial charge is 0.193 e.